The van der Waals surface area contributed by atoms with Gasteiger partial charge in [0.25, 0.3) is 0 Å². The smallest absolute Gasteiger partial charge is 0.0726 e. The minimum absolute atomic E-state index is 0.444. The molecule has 0 atom stereocenters. The van der Waals surface area contributed by atoms with Gasteiger partial charge in [-0.2, -0.15) is 0 Å². The molecule has 0 unspecified atom stereocenters. The zero-order valence-corrected chi connectivity index (χ0v) is 44.9. The van der Waals surface area contributed by atoms with Gasteiger partial charge in [0, 0.05) is 33.9 Å². The van der Waals surface area contributed by atoms with Crippen molar-refractivity contribution in [1.82, 2.24) is 0 Å². The van der Waals surface area contributed by atoms with Gasteiger partial charge in [-0.05, 0) is 165 Å². The summed E-state index contributed by atoms with van der Waals surface area (Å²) < 4.78 is 0. The maximum Gasteiger partial charge on any atom is 0.0726 e. The van der Waals surface area contributed by atoms with Crippen LogP contribution < -0.4 is 10.6 Å². The molecule has 2 spiro atoms. The number of anilines is 4. The summed E-state index contributed by atoms with van der Waals surface area (Å²) >= 11 is 0. The van der Waals surface area contributed by atoms with Gasteiger partial charge in [-0.15, -0.1) is 0 Å². The molecule has 2 heteroatoms. The van der Waals surface area contributed by atoms with Crippen LogP contribution in [0.1, 0.15) is 44.5 Å². The van der Waals surface area contributed by atoms with Crippen LogP contribution in [0.25, 0.3) is 89.0 Å². The predicted octanol–water partition coefficient (Wildman–Crippen LogP) is 20.5. The Morgan fingerprint density at radius 3 is 1.04 bits per heavy atom. The second kappa shape index (κ2) is 18.0. The third kappa shape index (κ3) is 6.58. The highest BCUT2D eigenvalue weighted by Gasteiger charge is 2.53. The van der Waals surface area contributed by atoms with Gasteiger partial charge in [-0.3, -0.25) is 0 Å². The Kier molecular flexibility index (Phi) is 10.2. The van der Waals surface area contributed by atoms with Crippen molar-refractivity contribution in [3.8, 4) is 89.0 Å². The highest BCUT2D eigenvalue weighted by molar-refractivity contribution is 6.00. The van der Waals surface area contributed by atoms with E-state index in [9.17, 15) is 0 Å². The molecular weight excluding hydrogens is 989 g/mol. The van der Waals surface area contributed by atoms with E-state index in [0.29, 0.717) is 0 Å². The third-order valence-electron chi connectivity index (χ3n) is 18.3. The lowest BCUT2D eigenvalue weighted by Crippen LogP contribution is -2.26. The standard InChI is InChI=1S/C80H52N2/c1-4-21-51(22-5-1)54-39-44-65-67-46-41-56(49-75(67)80(73(65)47-54)71-36-18-12-29-62(71)63-30-13-19-37-72(63)80)81-76-38-20-32-59(78(76)53-25-8-3-9-26-53)55-40-43-58(52-23-6-2-7-24-52)77(48-55)82-57-42-45-66-64-31-14-17-35-70(64)79(74(66)50-57)68-33-15-10-27-60(68)61-28-11-16-34-69(61)79/h1-50,81-82H. The van der Waals surface area contributed by atoms with Crippen LogP contribution in [0.2, 0.25) is 0 Å². The van der Waals surface area contributed by atoms with Crippen molar-refractivity contribution in [3.63, 3.8) is 0 Å². The van der Waals surface area contributed by atoms with Crippen LogP contribution in [0.15, 0.2) is 303 Å². The number of benzene rings is 13. The molecule has 82 heavy (non-hydrogen) atoms. The van der Waals surface area contributed by atoms with Crippen molar-refractivity contribution in [1.29, 1.82) is 0 Å². The van der Waals surface area contributed by atoms with Crippen molar-refractivity contribution in [2.75, 3.05) is 10.6 Å². The first-order valence-electron chi connectivity index (χ1n) is 28.6. The fourth-order valence-corrected chi connectivity index (χ4v) is 15.0. The number of rotatable bonds is 8. The molecule has 0 saturated carbocycles. The van der Waals surface area contributed by atoms with Crippen molar-refractivity contribution in [2.45, 2.75) is 10.8 Å². The van der Waals surface area contributed by atoms with Gasteiger partial charge in [0.05, 0.1) is 10.8 Å². The Balaban J connectivity index is 0.807. The zero-order chi connectivity index (χ0) is 53.9. The Morgan fingerprint density at radius 1 is 0.183 bits per heavy atom. The summed E-state index contributed by atoms with van der Waals surface area (Å²) in [5.74, 6) is 0. The molecule has 0 heterocycles. The van der Waals surface area contributed by atoms with Crippen LogP contribution >= 0.6 is 0 Å². The lowest BCUT2D eigenvalue weighted by atomic mass is 9.70. The lowest BCUT2D eigenvalue weighted by Gasteiger charge is -2.31. The monoisotopic (exact) mass is 1040 g/mol. The summed E-state index contributed by atoms with van der Waals surface area (Å²) in [6.45, 7) is 0. The Morgan fingerprint density at radius 2 is 0.537 bits per heavy atom. The van der Waals surface area contributed by atoms with Gasteiger partial charge >= 0.3 is 0 Å². The number of hydrogen-bond acceptors (Lipinski definition) is 2. The van der Waals surface area contributed by atoms with Crippen molar-refractivity contribution in [2.24, 2.45) is 0 Å². The largest absolute Gasteiger partial charge is 0.355 e. The van der Waals surface area contributed by atoms with Gasteiger partial charge in [-0.25, -0.2) is 0 Å². The van der Waals surface area contributed by atoms with Gasteiger partial charge in [0.15, 0.2) is 0 Å². The van der Waals surface area contributed by atoms with Crippen LogP contribution in [0.5, 0.6) is 0 Å². The molecule has 2 N–H and O–H groups in total. The van der Waals surface area contributed by atoms with E-state index >= 15 is 0 Å². The molecular formula is C80H52N2. The zero-order valence-electron chi connectivity index (χ0n) is 44.9. The van der Waals surface area contributed by atoms with E-state index in [2.05, 4.69) is 314 Å². The summed E-state index contributed by atoms with van der Waals surface area (Å²) in [7, 11) is 0. The van der Waals surface area contributed by atoms with E-state index in [1.807, 2.05) is 0 Å². The van der Waals surface area contributed by atoms with Crippen LogP contribution in [0.4, 0.5) is 22.7 Å². The van der Waals surface area contributed by atoms with E-state index in [-0.39, 0.29) is 0 Å². The highest BCUT2D eigenvalue weighted by atomic mass is 14.9. The average molecular weight is 1040 g/mol. The minimum Gasteiger partial charge on any atom is -0.355 e. The molecule has 0 saturated heterocycles. The van der Waals surface area contributed by atoms with Crippen LogP contribution in [-0.2, 0) is 10.8 Å². The van der Waals surface area contributed by atoms with E-state index in [4.69, 9.17) is 0 Å². The molecule has 0 fully saturated rings. The van der Waals surface area contributed by atoms with Crippen molar-refractivity contribution in [3.05, 3.63) is 348 Å². The maximum atomic E-state index is 4.07. The van der Waals surface area contributed by atoms with Gasteiger partial charge < -0.3 is 10.6 Å². The van der Waals surface area contributed by atoms with Crippen LogP contribution in [0.3, 0.4) is 0 Å². The summed E-state index contributed by atoms with van der Waals surface area (Å²) in [5, 5.41) is 8.15. The molecule has 0 bridgehead atoms. The SMILES string of the molecule is c1ccc(-c2ccc3c(c2)C2(c4ccccc4-c4ccccc42)c2cc(Nc4cccc(-c5ccc(-c6ccccc6)c(Nc6ccc7c(c6)C6(c8ccccc8-c8ccccc86)c6ccccc6-7)c5)c4-c4ccccc4)ccc2-3)cc1. The van der Waals surface area contributed by atoms with Crippen LogP contribution in [-0.4, -0.2) is 0 Å². The maximum absolute atomic E-state index is 4.07. The molecule has 0 radical (unpaired) electrons. The molecule has 17 rings (SSSR count). The normalized spacial score (nSPS) is 13.6. The first kappa shape index (κ1) is 46.4. The number of nitrogens with one attached hydrogen (secondary N) is 2. The second-order valence-electron chi connectivity index (χ2n) is 22.3. The first-order valence-corrected chi connectivity index (χ1v) is 28.6. The van der Waals surface area contributed by atoms with Crippen molar-refractivity contribution < 1.29 is 0 Å². The molecule has 13 aromatic carbocycles. The van der Waals surface area contributed by atoms with E-state index < -0.39 is 10.8 Å². The first-order chi connectivity index (χ1) is 40.7. The Bertz CT molecular complexity index is 4640. The summed E-state index contributed by atoms with van der Waals surface area (Å²) in [6, 6.07) is 113. The molecule has 0 amide bonds. The predicted molar refractivity (Wildman–Crippen MR) is 340 cm³/mol. The lowest BCUT2D eigenvalue weighted by molar-refractivity contribution is 0.794. The van der Waals surface area contributed by atoms with E-state index in [0.717, 1.165) is 56.1 Å². The third-order valence-corrected chi connectivity index (χ3v) is 18.3. The van der Waals surface area contributed by atoms with E-state index in [1.165, 1.54) is 100 Å². The Hall–Kier alpha value is -10.5. The van der Waals surface area contributed by atoms with Crippen LogP contribution in [0, 0.1) is 0 Å². The van der Waals surface area contributed by atoms with E-state index in [1.54, 1.807) is 0 Å². The molecule has 4 aliphatic carbocycles. The Labute approximate surface area is 478 Å². The summed E-state index contributed by atoms with van der Waals surface area (Å²) in [4.78, 5) is 0. The highest BCUT2D eigenvalue weighted by Crippen LogP contribution is 2.65. The topological polar surface area (TPSA) is 24.1 Å². The van der Waals surface area contributed by atoms with Gasteiger partial charge in [-0.1, -0.05) is 261 Å². The fourth-order valence-electron chi connectivity index (χ4n) is 15.0. The summed E-state index contributed by atoms with van der Waals surface area (Å²) in [6.07, 6.45) is 0. The molecule has 0 aromatic heterocycles. The average Bonchev–Trinajstić information content (AvgIpc) is 2.22. The molecule has 382 valence electrons. The minimum atomic E-state index is -0.510. The van der Waals surface area contributed by atoms with Gasteiger partial charge in [0.2, 0.25) is 0 Å². The molecule has 13 aromatic rings. The number of hydrogen-bond donors (Lipinski definition) is 2. The summed E-state index contributed by atoms with van der Waals surface area (Å²) in [5.41, 5.74) is 33.4. The quantitative estimate of drug-likeness (QED) is 0.158. The number of fused-ring (bicyclic) bond motifs is 20. The molecule has 2 nitrogen and oxygen atoms in total. The fraction of sp³-hybridized carbons (Fsp3) is 0.0250. The van der Waals surface area contributed by atoms with Crippen molar-refractivity contribution >= 4 is 22.7 Å². The molecule has 0 aliphatic heterocycles. The van der Waals surface area contributed by atoms with Gasteiger partial charge in [0.1, 0.15) is 0 Å². The second-order valence-corrected chi connectivity index (χ2v) is 22.3. The molecule has 4 aliphatic rings.